The van der Waals surface area contributed by atoms with E-state index in [1.165, 1.54) is 15.9 Å². The van der Waals surface area contributed by atoms with E-state index in [9.17, 15) is 9.59 Å². The number of allylic oxidation sites excluding steroid dienone is 1. The Morgan fingerprint density at radius 3 is 2.64 bits per heavy atom. The van der Waals surface area contributed by atoms with Crippen molar-refractivity contribution in [2.75, 3.05) is 6.61 Å². The van der Waals surface area contributed by atoms with Crippen LogP contribution in [0.25, 0.3) is 6.08 Å². The summed E-state index contributed by atoms with van der Waals surface area (Å²) >= 11 is 13.6. The minimum atomic E-state index is -0.777. The molecule has 1 aliphatic rings. The largest absolute Gasteiger partial charge is 0.487 e. The topological polar surface area (TPSA) is 93.7 Å². The van der Waals surface area contributed by atoms with Gasteiger partial charge >= 0.3 is 5.97 Å². The number of hydrogen-bond acceptors (Lipinski definition) is 7. The van der Waals surface area contributed by atoms with E-state index >= 15 is 0 Å². The number of halogens is 3. The number of carbonyl (C=O) groups is 1. The third kappa shape index (κ3) is 6.10. The summed E-state index contributed by atoms with van der Waals surface area (Å²) in [4.78, 5) is 32.1. The van der Waals surface area contributed by atoms with Gasteiger partial charge in [-0.15, -0.1) is 0 Å². The van der Waals surface area contributed by atoms with Gasteiger partial charge in [0.2, 0.25) is 0 Å². The molecule has 0 saturated carbocycles. The maximum Gasteiger partial charge on any atom is 0.338 e. The molecule has 0 unspecified atom stereocenters. The fraction of sp³-hybridized carbons (Fsp3) is 0.161. The summed E-state index contributed by atoms with van der Waals surface area (Å²) in [7, 11) is 0. The molecule has 2 heterocycles. The van der Waals surface area contributed by atoms with E-state index in [0.29, 0.717) is 43.5 Å². The van der Waals surface area contributed by atoms with Gasteiger partial charge in [0.15, 0.2) is 4.80 Å². The number of nitrogens with zero attached hydrogens (tertiary/aromatic N) is 3. The van der Waals surface area contributed by atoms with E-state index < -0.39 is 12.0 Å². The van der Waals surface area contributed by atoms with Crippen LogP contribution in [0.5, 0.6) is 5.75 Å². The van der Waals surface area contributed by atoms with Crippen LogP contribution in [-0.2, 0) is 16.1 Å². The number of ether oxygens (including phenoxy) is 2. The van der Waals surface area contributed by atoms with Crippen molar-refractivity contribution in [1.29, 1.82) is 5.26 Å². The predicted octanol–water partition coefficient (Wildman–Crippen LogP) is 6.27. The van der Waals surface area contributed by atoms with Crippen molar-refractivity contribution < 1.29 is 14.3 Å². The summed E-state index contributed by atoms with van der Waals surface area (Å²) in [5, 5.41) is 9.44. The van der Waals surface area contributed by atoms with Gasteiger partial charge in [-0.25, -0.2) is 9.79 Å². The molecule has 0 aliphatic carbocycles. The van der Waals surface area contributed by atoms with Crippen LogP contribution in [0.1, 0.15) is 42.1 Å². The first-order chi connectivity index (χ1) is 20.2. The summed E-state index contributed by atoms with van der Waals surface area (Å²) < 4.78 is 15.0. The van der Waals surface area contributed by atoms with Crippen molar-refractivity contribution in [3.05, 3.63) is 127 Å². The molecule has 7 nitrogen and oxygen atoms in total. The lowest BCUT2D eigenvalue weighted by Crippen LogP contribution is -2.40. The molecule has 212 valence electrons. The fourth-order valence-electron chi connectivity index (χ4n) is 4.57. The Labute approximate surface area is 272 Å². The molecule has 0 spiro atoms. The molecule has 0 N–H and O–H groups in total. The first-order valence-corrected chi connectivity index (χ1v) is 15.8. The Morgan fingerprint density at radius 2 is 1.98 bits per heavy atom. The van der Waals surface area contributed by atoms with Crippen molar-refractivity contribution >= 4 is 73.5 Å². The van der Waals surface area contributed by atoms with Crippen molar-refractivity contribution in [2.45, 2.75) is 26.5 Å². The number of carbonyl (C=O) groups excluding carboxylic acids is 1. The third-order valence-electron chi connectivity index (χ3n) is 6.50. The highest BCUT2D eigenvalue weighted by atomic mass is 127. The monoisotopic (exact) mass is 773 g/mol. The number of nitriles is 1. The maximum atomic E-state index is 13.9. The Morgan fingerprint density at radius 1 is 1.24 bits per heavy atom. The van der Waals surface area contributed by atoms with Crippen LogP contribution in [-0.4, -0.2) is 17.1 Å². The third-order valence-corrected chi connectivity index (χ3v) is 9.22. The number of rotatable bonds is 7. The van der Waals surface area contributed by atoms with Gasteiger partial charge in [-0.05, 0) is 105 Å². The molecule has 0 saturated heterocycles. The van der Waals surface area contributed by atoms with Crippen molar-refractivity contribution in [1.82, 2.24) is 4.57 Å². The van der Waals surface area contributed by atoms with Gasteiger partial charge in [0.25, 0.3) is 5.56 Å². The lowest BCUT2D eigenvalue weighted by molar-refractivity contribution is -0.139. The lowest BCUT2D eigenvalue weighted by atomic mass is 9.96. The molecular formula is C31H22BrClIN3O4S. The van der Waals surface area contributed by atoms with Crippen LogP contribution in [0.2, 0.25) is 5.02 Å². The predicted molar refractivity (Wildman–Crippen MR) is 174 cm³/mol. The number of benzene rings is 3. The standard InChI is InChI=1S/C31H22BrClIN3O4S/c1-3-40-30(39)26-17(2)36-31-37(27(26)21-6-4-5-7-23(21)33)29(38)25(42-31)14-20-12-22(32)28(24(34)13-20)41-16-19-10-8-18(15-35)9-11-19/h4-14,27H,3,16H2,1-2H3/b25-14-/t27-/m0/s1. The second kappa shape index (κ2) is 13.0. The molecule has 3 aromatic carbocycles. The van der Waals surface area contributed by atoms with Crippen LogP contribution in [0.15, 0.2) is 86.2 Å². The summed E-state index contributed by atoms with van der Waals surface area (Å²) in [6, 6.07) is 19.5. The molecule has 0 radical (unpaired) electrons. The van der Waals surface area contributed by atoms with E-state index in [1.54, 1.807) is 50.3 Å². The van der Waals surface area contributed by atoms with E-state index in [1.807, 2.05) is 30.3 Å². The molecule has 0 fully saturated rings. The average molecular weight is 775 g/mol. The second-order valence-electron chi connectivity index (χ2n) is 9.23. The van der Waals surface area contributed by atoms with Crippen molar-refractivity contribution in [3.8, 4) is 11.8 Å². The van der Waals surface area contributed by atoms with Crippen LogP contribution in [0, 0.1) is 14.9 Å². The minimum Gasteiger partial charge on any atom is -0.487 e. The van der Waals surface area contributed by atoms with E-state index in [2.05, 4.69) is 49.6 Å². The smallest absolute Gasteiger partial charge is 0.338 e. The van der Waals surface area contributed by atoms with Gasteiger partial charge in [-0.2, -0.15) is 5.26 Å². The Hall–Kier alpha value is -3.24. The number of hydrogen-bond donors (Lipinski definition) is 0. The van der Waals surface area contributed by atoms with Gasteiger partial charge in [0.05, 0.1) is 42.1 Å². The van der Waals surface area contributed by atoms with Crippen LogP contribution in [0.3, 0.4) is 0 Å². The SMILES string of the molecule is CCOC(=O)C1=C(C)N=c2s/c(=C\c3cc(Br)c(OCc4ccc(C#N)cc4)c(I)c3)c(=O)n2[C@H]1c1ccccc1Cl. The first kappa shape index (κ1) is 30.2. The molecule has 0 bridgehead atoms. The zero-order chi connectivity index (χ0) is 30.0. The summed E-state index contributed by atoms with van der Waals surface area (Å²) in [6.45, 7) is 4.00. The quantitative estimate of drug-likeness (QED) is 0.163. The fourth-order valence-corrected chi connectivity index (χ4v) is 7.62. The second-order valence-corrected chi connectivity index (χ2v) is 12.7. The number of fused-ring (bicyclic) bond motifs is 1. The molecule has 42 heavy (non-hydrogen) atoms. The molecule has 1 aliphatic heterocycles. The van der Waals surface area contributed by atoms with Gasteiger partial charge < -0.3 is 9.47 Å². The Bertz CT molecular complexity index is 1940. The van der Waals surface area contributed by atoms with E-state index in [0.717, 1.165) is 19.2 Å². The highest BCUT2D eigenvalue weighted by molar-refractivity contribution is 14.1. The minimum absolute atomic E-state index is 0.190. The zero-order valence-corrected chi connectivity index (χ0v) is 27.7. The summed E-state index contributed by atoms with van der Waals surface area (Å²) in [5.41, 5.74) is 3.41. The van der Waals surface area contributed by atoms with Gasteiger partial charge in [0.1, 0.15) is 18.4 Å². The molecule has 0 amide bonds. The zero-order valence-electron chi connectivity index (χ0n) is 22.4. The van der Waals surface area contributed by atoms with Crippen molar-refractivity contribution in [3.63, 3.8) is 0 Å². The average Bonchev–Trinajstić information content (AvgIpc) is 3.26. The highest BCUT2D eigenvalue weighted by Gasteiger charge is 2.34. The molecular weight excluding hydrogens is 753 g/mol. The van der Waals surface area contributed by atoms with Gasteiger partial charge in [-0.3, -0.25) is 9.36 Å². The summed E-state index contributed by atoms with van der Waals surface area (Å²) in [5.74, 6) is 0.139. The molecule has 1 atom stereocenters. The molecule has 11 heteroatoms. The van der Waals surface area contributed by atoms with Crippen LogP contribution < -0.4 is 19.6 Å². The number of esters is 1. The van der Waals surface area contributed by atoms with Gasteiger partial charge in [0, 0.05) is 5.02 Å². The highest BCUT2D eigenvalue weighted by Crippen LogP contribution is 2.35. The summed E-state index contributed by atoms with van der Waals surface area (Å²) in [6.07, 6.45) is 1.80. The van der Waals surface area contributed by atoms with E-state index in [-0.39, 0.29) is 17.7 Å². The van der Waals surface area contributed by atoms with Crippen LogP contribution in [0.4, 0.5) is 0 Å². The van der Waals surface area contributed by atoms with Gasteiger partial charge in [-0.1, -0.05) is 53.3 Å². The number of aromatic nitrogens is 1. The van der Waals surface area contributed by atoms with Crippen molar-refractivity contribution in [2.24, 2.45) is 4.99 Å². The number of thiazole rings is 1. The first-order valence-electron chi connectivity index (χ1n) is 12.8. The van der Waals surface area contributed by atoms with E-state index in [4.69, 9.17) is 26.3 Å². The molecule has 5 rings (SSSR count). The molecule has 1 aromatic heterocycles. The molecule has 4 aromatic rings. The lowest BCUT2D eigenvalue weighted by Gasteiger charge is -2.25. The Balaban J connectivity index is 1.54. The normalized spacial score (nSPS) is 14.7. The maximum absolute atomic E-state index is 13.9. The van der Waals surface area contributed by atoms with Crippen LogP contribution >= 0.6 is 61.5 Å². The Kier molecular flexibility index (Phi) is 9.32.